The van der Waals surface area contributed by atoms with Crippen LogP contribution in [0.15, 0.2) is 16.7 Å². The van der Waals surface area contributed by atoms with Gasteiger partial charge in [-0.25, -0.2) is 0 Å². The highest BCUT2D eigenvalue weighted by molar-refractivity contribution is 5.98. The predicted octanol–water partition coefficient (Wildman–Crippen LogP) is 0.488. The van der Waals surface area contributed by atoms with Crippen molar-refractivity contribution in [2.75, 3.05) is 32.8 Å². The van der Waals surface area contributed by atoms with Gasteiger partial charge in [0.1, 0.15) is 25.4 Å². The van der Waals surface area contributed by atoms with Gasteiger partial charge >= 0.3 is 0 Å². The van der Waals surface area contributed by atoms with E-state index in [-0.39, 0.29) is 5.78 Å². The zero-order valence-corrected chi connectivity index (χ0v) is 13.3. The Bertz CT molecular complexity index is 681. The first-order valence-corrected chi connectivity index (χ1v) is 7.63. The standard InChI is InChI=1S/C16H21N3O3/c1-11-8-14(15(20)10-18-4-6-21-7-5-18)13(3)19(11)16-9-12(2)22-17-16/h8-9H,4-7,10H2,1-3H3/p+1. The van der Waals surface area contributed by atoms with Crippen molar-refractivity contribution in [3.8, 4) is 5.82 Å². The van der Waals surface area contributed by atoms with Gasteiger partial charge < -0.3 is 14.2 Å². The maximum absolute atomic E-state index is 12.6. The third kappa shape index (κ3) is 2.84. The number of nitrogens with zero attached hydrogens (tertiary/aromatic N) is 2. The molecule has 6 nitrogen and oxygen atoms in total. The molecule has 2 aromatic rings. The average molecular weight is 304 g/mol. The Kier molecular flexibility index (Phi) is 4.13. The molecule has 1 fully saturated rings. The summed E-state index contributed by atoms with van der Waals surface area (Å²) >= 11 is 0. The molecule has 1 saturated heterocycles. The SMILES string of the molecule is Cc1cc(-n2c(C)cc(C(=O)C[NH+]3CCOCC3)c2C)no1. The molecule has 0 atom stereocenters. The molecule has 6 heteroatoms. The minimum absolute atomic E-state index is 0.177. The Labute approximate surface area is 129 Å². The molecule has 0 aromatic carbocycles. The van der Waals surface area contributed by atoms with Gasteiger partial charge in [0, 0.05) is 23.0 Å². The largest absolute Gasteiger partial charge is 0.370 e. The van der Waals surface area contributed by atoms with E-state index in [1.165, 1.54) is 4.90 Å². The number of nitrogens with one attached hydrogen (secondary N) is 1. The first kappa shape index (κ1) is 15.0. The highest BCUT2D eigenvalue weighted by atomic mass is 16.5. The molecule has 0 saturated carbocycles. The number of aryl methyl sites for hydroxylation is 2. The van der Waals surface area contributed by atoms with Crippen molar-refractivity contribution in [1.29, 1.82) is 0 Å². The van der Waals surface area contributed by atoms with Crippen molar-refractivity contribution >= 4 is 5.78 Å². The van der Waals surface area contributed by atoms with Crippen LogP contribution in [-0.4, -0.2) is 48.4 Å². The molecule has 0 bridgehead atoms. The van der Waals surface area contributed by atoms with Crippen molar-refractivity contribution in [3.63, 3.8) is 0 Å². The van der Waals surface area contributed by atoms with Crippen molar-refractivity contribution in [1.82, 2.24) is 9.72 Å². The van der Waals surface area contributed by atoms with Crippen LogP contribution >= 0.6 is 0 Å². The van der Waals surface area contributed by atoms with Crippen LogP contribution in [-0.2, 0) is 4.74 Å². The van der Waals surface area contributed by atoms with E-state index in [1.54, 1.807) is 0 Å². The highest BCUT2D eigenvalue weighted by Gasteiger charge is 2.23. The van der Waals surface area contributed by atoms with E-state index in [0.717, 1.165) is 54.8 Å². The van der Waals surface area contributed by atoms with Crippen LogP contribution < -0.4 is 4.90 Å². The summed E-state index contributed by atoms with van der Waals surface area (Å²) < 4.78 is 12.5. The molecule has 0 unspecified atom stereocenters. The molecule has 3 heterocycles. The van der Waals surface area contributed by atoms with Gasteiger partial charge in [-0.1, -0.05) is 5.16 Å². The van der Waals surface area contributed by atoms with Gasteiger partial charge in [0.15, 0.2) is 5.82 Å². The summed E-state index contributed by atoms with van der Waals surface area (Å²) in [6.07, 6.45) is 0. The molecule has 1 N–H and O–H groups in total. The number of hydrogen-bond donors (Lipinski definition) is 1. The van der Waals surface area contributed by atoms with E-state index >= 15 is 0 Å². The predicted molar refractivity (Wildman–Crippen MR) is 80.8 cm³/mol. The summed E-state index contributed by atoms with van der Waals surface area (Å²) in [6, 6.07) is 3.82. The number of rotatable bonds is 4. The Morgan fingerprint density at radius 1 is 1.27 bits per heavy atom. The van der Waals surface area contributed by atoms with Gasteiger partial charge in [0.25, 0.3) is 0 Å². The highest BCUT2D eigenvalue weighted by Crippen LogP contribution is 2.20. The third-order valence-corrected chi connectivity index (χ3v) is 4.19. The molecule has 118 valence electrons. The van der Waals surface area contributed by atoms with E-state index in [2.05, 4.69) is 5.16 Å². The third-order valence-electron chi connectivity index (χ3n) is 4.19. The van der Waals surface area contributed by atoms with Crippen molar-refractivity contribution in [2.24, 2.45) is 0 Å². The van der Waals surface area contributed by atoms with Crippen LogP contribution in [0.5, 0.6) is 0 Å². The average Bonchev–Trinajstić information content (AvgIpc) is 3.03. The minimum atomic E-state index is 0.177. The van der Waals surface area contributed by atoms with E-state index in [1.807, 2.05) is 37.5 Å². The molecule has 1 aliphatic rings. The van der Waals surface area contributed by atoms with Crippen molar-refractivity contribution in [2.45, 2.75) is 20.8 Å². The lowest BCUT2D eigenvalue weighted by Crippen LogP contribution is -3.14. The van der Waals surface area contributed by atoms with Crippen molar-refractivity contribution < 1.29 is 19.0 Å². The summed E-state index contributed by atoms with van der Waals surface area (Å²) in [6.45, 7) is 9.58. The molecule has 0 spiro atoms. The number of carbonyl (C=O) groups excluding carboxylic acids is 1. The first-order chi connectivity index (χ1) is 10.6. The summed E-state index contributed by atoms with van der Waals surface area (Å²) in [4.78, 5) is 13.9. The molecule has 2 aromatic heterocycles. The maximum Gasteiger partial charge on any atom is 0.218 e. The van der Waals surface area contributed by atoms with E-state index < -0.39 is 0 Å². The van der Waals surface area contributed by atoms with Crippen LogP contribution in [0.25, 0.3) is 5.82 Å². The number of hydrogen-bond acceptors (Lipinski definition) is 4. The molecule has 0 radical (unpaired) electrons. The fourth-order valence-corrected chi connectivity index (χ4v) is 3.02. The lowest BCUT2D eigenvalue weighted by atomic mass is 10.1. The molecule has 1 aliphatic heterocycles. The normalized spacial score (nSPS) is 16.1. The second kappa shape index (κ2) is 6.06. The fourth-order valence-electron chi connectivity index (χ4n) is 3.02. The minimum Gasteiger partial charge on any atom is -0.370 e. The van der Waals surface area contributed by atoms with Crippen LogP contribution in [0.1, 0.15) is 27.5 Å². The zero-order chi connectivity index (χ0) is 15.7. The summed E-state index contributed by atoms with van der Waals surface area (Å²) in [5.41, 5.74) is 2.69. The number of carbonyl (C=O) groups is 1. The molecule has 0 amide bonds. The lowest BCUT2D eigenvalue weighted by Gasteiger charge is -2.22. The van der Waals surface area contributed by atoms with Crippen LogP contribution in [0, 0.1) is 20.8 Å². The summed E-state index contributed by atoms with van der Waals surface area (Å²) in [7, 11) is 0. The molecule has 0 aliphatic carbocycles. The zero-order valence-electron chi connectivity index (χ0n) is 13.3. The van der Waals surface area contributed by atoms with Gasteiger partial charge in [-0.15, -0.1) is 0 Å². The van der Waals surface area contributed by atoms with Crippen LogP contribution in [0.3, 0.4) is 0 Å². The van der Waals surface area contributed by atoms with Gasteiger partial charge in [-0.3, -0.25) is 9.36 Å². The molecular weight excluding hydrogens is 282 g/mol. The second-order valence-corrected chi connectivity index (χ2v) is 5.88. The monoisotopic (exact) mass is 304 g/mol. The topological polar surface area (TPSA) is 61.7 Å². The van der Waals surface area contributed by atoms with E-state index in [9.17, 15) is 4.79 Å². The summed E-state index contributed by atoms with van der Waals surface area (Å²) in [5.74, 6) is 1.66. The Morgan fingerprint density at radius 3 is 2.64 bits per heavy atom. The smallest absolute Gasteiger partial charge is 0.218 e. The number of aromatic nitrogens is 2. The summed E-state index contributed by atoms with van der Waals surface area (Å²) in [5, 5.41) is 4.05. The molecule has 3 rings (SSSR count). The first-order valence-electron chi connectivity index (χ1n) is 7.63. The number of quaternary nitrogens is 1. The van der Waals surface area contributed by atoms with E-state index in [4.69, 9.17) is 9.26 Å². The van der Waals surface area contributed by atoms with Crippen LogP contribution in [0.2, 0.25) is 0 Å². The van der Waals surface area contributed by atoms with Gasteiger partial charge in [-0.2, -0.15) is 0 Å². The Hall–Kier alpha value is -1.92. The van der Waals surface area contributed by atoms with E-state index in [0.29, 0.717) is 6.54 Å². The molecule has 22 heavy (non-hydrogen) atoms. The number of ketones is 1. The number of morpholine rings is 1. The second-order valence-electron chi connectivity index (χ2n) is 5.88. The fraction of sp³-hybridized carbons (Fsp3) is 0.500. The van der Waals surface area contributed by atoms with Crippen LogP contribution in [0.4, 0.5) is 0 Å². The number of ether oxygens (including phenoxy) is 1. The Morgan fingerprint density at radius 2 is 2.00 bits per heavy atom. The Balaban J connectivity index is 1.84. The van der Waals surface area contributed by atoms with Gasteiger partial charge in [-0.05, 0) is 26.8 Å². The van der Waals surface area contributed by atoms with Gasteiger partial charge in [0.05, 0.1) is 13.2 Å². The quantitative estimate of drug-likeness (QED) is 0.835. The maximum atomic E-state index is 12.6. The molecular formula is C16H22N3O3+. The van der Waals surface area contributed by atoms with Gasteiger partial charge in [0.2, 0.25) is 5.78 Å². The number of Topliss-reactive ketones (excluding diaryl/α,β-unsaturated/α-hetero) is 1. The van der Waals surface area contributed by atoms with Crippen molar-refractivity contribution in [3.05, 3.63) is 34.8 Å². The lowest BCUT2D eigenvalue weighted by molar-refractivity contribution is -0.899.